The molecule has 3 N–H and O–H groups in total. The minimum absolute atomic E-state index is 0.184. The summed E-state index contributed by atoms with van der Waals surface area (Å²) in [5.74, 6) is 1.36. The quantitative estimate of drug-likeness (QED) is 0.816. The fraction of sp³-hybridized carbons (Fsp3) is 0.375. The highest BCUT2D eigenvalue weighted by Gasteiger charge is 2.09. The van der Waals surface area contributed by atoms with Crippen LogP contribution in [0.3, 0.4) is 0 Å². The average Bonchev–Trinajstić information content (AvgIpc) is 3.04. The van der Waals surface area contributed by atoms with Gasteiger partial charge in [0, 0.05) is 25.8 Å². The van der Waals surface area contributed by atoms with E-state index in [0.717, 1.165) is 24.5 Å². The topological polar surface area (TPSA) is 84.4 Å². The molecule has 0 fully saturated rings. The first kappa shape index (κ1) is 16.0. The Morgan fingerprint density at radius 2 is 2.14 bits per heavy atom. The Morgan fingerprint density at radius 3 is 2.68 bits per heavy atom. The number of carbonyl (C=O) groups is 1. The van der Waals surface area contributed by atoms with Crippen molar-refractivity contribution in [3.63, 3.8) is 0 Å². The molecular formula is C16H22N4O2. The summed E-state index contributed by atoms with van der Waals surface area (Å²) >= 11 is 0. The lowest BCUT2D eigenvalue weighted by Gasteiger charge is -2.19. The SMILES string of the molecule is CCN(CC)c1ccc(CNC(=O)c2coc(CN)c2)cn1. The molecule has 1 amide bonds. The van der Waals surface area contributed by atoms with Gasteiger partial charge < -0.3 is 20.4 Å². The Labute approximate surface area is 130 Å². The molecule has 0 saturated heterocycles. The molecule has 0 spiro atoms. The Hall–Kier alpha value is -2.34. The van der Waals surface area contributed by atoms with E-state index in [2.05, 4.69) is 29.0 Å². The van der Waals surface area contributed by atoms with Crippen molar-refractivity contribution < 1.29 is 9.21 Å². The second-order valence-corrected chi connectivity index (χ2v) is 4.89. The highest BCUT2D eigenvalue weighted by atomic mass is 16.3. The number of furan rings is 1. The van der Waals surface area contributed by atoms with Gasteiger partial charge in [-0.1, -0.05) is 6.07 Å². The molecule has 2 aromatic rings. The second-order valence-electron chi connectivity index (χ2n) is 4.89. The number of hydrogen-bond donors (Lipinski definition) is 2. The molecule has 0 unspecified atom stereocenters. The maximum atomic E-state index is 12.0. The third-order valence-electron chi connectivity index (χ3n) is 3.47. The van der Waals surface area contributed by atoms with Gasteiger partial charge in [-0.3, -0.25) is 4.79 Å². The first-order valence-corrected chi connectivity index (χ1v) is 7.43. The Kier molecular flexibility index (Phi) is 5.55. The van der Waals surface area contributed by atoms with Crippen molar-refractivity contribution in [3.8, 4) is 0 Å². The summed E-state index contributed by atoms with van der Waals surface area (Å²) in [6, 6.07) is 5.59. The van der Waals surface area contributed by atoms with E-state index in [-0.39, 0.29) is 12.5 Å². The van der Waals surface area contributed by atoms with Crippen LogP contribution >= 0.6 is 0 Å². The van der Waals surface area contributed by atoms with Gasteiger partial charge in [0.1, 0.15) is 17.8 Å². The molecule has 6 heteroatoms. The fourth-order valence-corrected chi connectivity index (χ4v) is 2.15. The van der Waals surface area contributed by atoms with Gasteiger partial charge in [0.25, 0.3) is 5.91 Å². The van der Waals surface area contributed by atoms with Crippen LogP contribution in [-0.2, 0) is 13.1 Å². The second kappa shape index (κ2) is 7.61. The highest BCUT2D eigenvalue weighted by Crippen LogP contribution is 2.11. The van der Waals surface area contributed by atoms with E-state index < -0.39 is 0 Å². The van der Waals surface area contributed by atoms with Crippen LogP contribution < -0.4 is 16.0 Å². The van der Waals surface area contributed by atoms with Gasteiger partial charge in [0.15, 0.2) is 0 Å². The van der Waals surface area contributed by atoms with Gasteiger partial charge >= 0.3 is 0 Å². The molecule has 6 nitrogen and oxygen atoms in total. The summed E-state index contributed by atoms with van der Waals surface area (Å²) in [6.07, 6.45) is 3.20. The largest absolute Gasteiger partial charge is 0.467 e. The lowest BCUT2D eigenvalue weighted by Crippen LogP contribution is -2.24. The molecule has 2 heterocycles. The summed E-state index contributed by atoms with van der Waals surface area (Å²) in [5, 5.41) is 2.84. The van der Waals surface area contributed by atoms with Crippen LogP contribution in [0.2, 0.25) is 0 Å². The third kappa shape index (κ3) is 3.85. The van der Waals surface area contributed by atoms with Crippen molar-refractivity contribution >= 4 is 11.7 Å². The van der Waals surface area contributed by atoms with E-state index in [4.69, 9.17) is 10.2 Å². The maximum Gasteiger partial charge on any atom is 0.254 e. The van der Waals surface area contributed by atoms with Gasteiger partial charge in [0.2, 0.25) is 0 Å². The van der Waals surface area contributed by atoms with E-state index in [1.165, 1.54) is 6.26 Å². The minimum Gasteiger partial charge on any atom is -0.467 e. The van der Waals surface area contributed by atoms with Gasteiger partial charge in [-0.2, -0.15) is 0 Å². The number of rotatable bonds is 7. The lowest BCUT2D eigenvalue weighted by molar-refractivity contribution is 0.0950. The molecule has 0 bridgehead atoms. The summed E-state index contributed by atoms with van der Waals surface area (Å²) < 4.78 is 5.15. The van der Waals surface area contributed by atoms with Crippen LogP contribution in [0, 0.1) is 0 Å². The van der Waals surface area contributed by atoms with E-state index in [0.29, 0.717) is 17.9 Å². The molecule has 0 aromatic carbocycles. The smallest absolute Gasteiger partial charge is 0.254 e. The van der Waals surface area contributed by atoms with E-state index in [1.807, 2.05) is 12.1 Å². The zero-order chi connectivity index (χ0) is 15.9. The zero-order valence-electron chi connectivity index (χ0n) is 13.0. The number of carbonyl (C=O) groups excluding carboxylic acids is 1. The Balaban J connectivity index is 1.92. The van der Waals surface area contributed by atoms with Crippen LogP contribution in [0.5, 0.6) is 0 Å². The predicted octanol–water partition coefficient (Wildman–Crippen LogP) is 1.91. The molecule has 118 valence electrons. The molecule has 2 aromatic heterocycles. The van der Waals surface area contributed by atoms with Crippen LogP contribution in [0.1, 0.15) is 35.5 Å². The molecule has 2 rings (SSSR count). The number of hydrogen-bond acceptors (Lipinski definition) is 5. The van der Waals surface area contributed by atoms with Crippen molar-refractivity contribution in [3.05, 3.63) is 47.5 Å². The van der Waals surface area contributed by atoms with Crippen molar-refractivity contribution in [1.29, 1.82) is 0 Å². The summed E-state index contributed by atoms with van der Waals surface area (Å²) in [4.78, 5) is 18.6. The van der Waals surface area contributed by atoms with Gasteiger partial charge in [0.05, 0.1) is 12.1 Å². The zero-order valence-corrected chi connectivity index (χ0v) is 13.0. The van der Waals surface area contributed by atoms with E-state index in [1.54, 1.807) is 12.3 Å². The van der Waals surface area contributed by atoms with Crippen LogP contribution in [-0.4, -0.2) is 24.0 Å². The van der Waals surface area contributed by atoms with Crippen molar-refractivity contribution in [1.82, 2.24) is 10.3 Å². The Bertz CT molecular complexity index is 603. The van der Waals surface area contributed by atoms with Crippen LogP contribution in [0.4, 0.5) is 5.82 Å². The molecule has 22 heavy (non-hydrogen) atoms. The number of nitrogens with zero attached hydrogens (tertiary/aromatic N) is 2. The number of anilines is 1. The Morgan fingerprint density at radius 1 is 1.36 bits per heavy atom. The number of aromatic nitrogens is 1. The highest BCUT2D eigenvalue weighted by molar-refractivity contribution is 5.93. The lowest BCUT2D eigenvalue weighted by atomic mass is 10.2. The molecule has 0 aliphatic heterocycles. The van der Waals surface area contributed by atoms with Gasteiger partial charge in [-0.25, -0.2) is 4.98 Å². The van der Waals surface area contributed by atoms with Gasteiger partial charge in [-0.15, -0.1) is 0 Å². The maximum absolute atomic E-state index is 12.0. The fourth-order valence-electron chi connectivity index (χ4n) is 2.15. The minimum atomic E-state index is -0.184. The normalized spacial score (nSPS) is 10.5. The van der Waals surface area contributed by atoms with Gasteiger partial charge in [-0.05, 0) is 31.5 Å². The van der Waals surface area contributed by atoms with Crippen LogP contribution in [0.25, 0.3) is 0 Å². The number of nitrogens with one attached hydrogen (secondary N) is 1. The standard InChI is InChI=1S/C16H22N4O2/c1-3-20(4-2)15-6-5-12(9-18-15)10-19-16(21)13-7-14(8-17)22-11-13/h5-7,9,11H,3-4,8,10,17H2,1-2H3,(H,19,21). The molecule has 0 atom stereocenters. The first-order chi connectivity index (χ1) is 10.7. The van der Waals surface area contributed by atoms with Crippen LogP contribution in [0.15, 0.2) is 35.1 Å². The van der Waals surface area contributed by atoms with E-state index in [9.17, 15) is 4.79 Å². The number of pyridine rings is 1. The summed E-state index contributed by atoms with van der Waals surface area (Å²) in [6.45, 7) is 6.74. The summed E-state index contributed by atoms with van der Waals surface area (Å²) in [5.41, 5.74) is 6.88. The molecule has 0 radical (unpaired) electrons. The van der Waals surface area contributed by atoms with Crippen molar-refractivity contribution in [2.75, 3.05) is 18.0 Å². The van der Waals surface area contributed by atoms with Crippen molar-refractivity contribution in [2.24, 2.45) is 5.73 Å². The number of amides is 1. The molecule has 0 aliphatic carbocycles. The van der Waals surface area contributed by atoms with E-state index >= 15 is 0 Å². The molecule has 0 aliphatic rings. The first-order valence-electron chi connectivity index (χ1n) is 7.43. The average molecular weight is 302 g/mol. The predicted molar refractivity (Wildman–Crippen MR) is 85.6 cm³/mol. The summed E-state index contributed by atoms with van der Waals surface area (Å²) in [7, 11) is 0. The third-order valence-corrected chi connectivity index (χ3v) is 3.47. The number of nitrogens with two attached hydrogens (primary N) is 1. The monoisotopic (exact) mass is 302 g/mol. The molecule has 0 saturated carbocycles. The van der Waals surface area contributed by atoms with Crippen molar-refractivity contribution in [2.45, 2.75) is 26.9 Å². The molecular weight excluding hydrogens is 280 g/mol.